The molecule has 0 aliphatic rings. The van der Waals surface area contributed by atoms with Crippen molar-refractivity contribution in [2.24, 2.45) is 5.73 Å². The van der Waals surface area contributed by atoms with Crippen LogP contribution in [0.1, 0.15) is 17.2 Å². The molecule has 3 aromatic rings. The van der Waals surface area contributed by atoms with Gasteiger partial charge in [-0.3, -0.25) is 0 Å². The third-order valence-corrected chi connectivity index (χ3v) is 4.53. The molecule has 0 saturated heterocycles. The maximum atomic E-state index is 6.34. The fourth-order valence-corrected chi connectivity index (χ4v) is 2.90. The molecule has 0 aliphatic heterocycles. The first kappa shape index (κ1) is 14.4. The Balaban J connectivity index is 1.89. The lowest BCUT2D eigenvalue weighted by molar-refractivity contribution is 0.723. The molecule has 1 unspecified atom stereocenters. The van der Waals surface area contributed by atoms with Crippen LogP contribution in [0.4, 0.5) is 0 Å². The van der Waals surface area contributed by atoms with Gasteiger partial charge in [0.2, 0.25) is 0 Å². The number of rotatable bonds is 3. The molecule has 0 radical (unpaired) electrons. The molecule has 0 amide bonds. The van der Waals surface area contributed by atoms with E-state index >= 15 is 0 Å². The Morgan fingerprint density at radius 2 is 1.62 bits per heavy atom. The molecule has 2 N–H and O–H groups in total. The number of hydrogen-bond donors (Lipinski definition) is 1. The van der Waals surface area contributed by atoms with Gasteiger partial charge in [0.05, 0.1) is 10.0 Å². The highest BCUT2D eigenvalue weighted by Crippen LogP contribution is 2.29. The normalized spacial score (nSPS) is 12.5. The van der Waals surface area contributed by atoms with Crippen molar-refractivity contribution in [2.45, 2.75) is 12.5 Å². The second kappa shape index (κ2) is 6.07. The van der Waals surface area contributed by atoms with Crippen molar-refractivity contribution < 1.29 is 0 Å². The summed E-state index contributed by atoms with van der Waals surface area (Å²) >= 11 is 12.3. The van der Waals surface area contributed by atoms with Crippen molar-refractivity contribution in [1.29, 1.82) is 0 Å². The van der Waals surface area contributed by atoms with Gasteiger partial charge in [-0.05, 0) is 40.5 Å². The molecular formula is C18H15Cl2N. The summed E-state index contributed by atoms with van der Waals surface area (Å²) in [4.78, 5) is 0. The number of hydrogen-bond acceptors (Lipinski definition) is 1. The van der Waals surface area contributed by atoms with Crippen LogP contribution in [0.3, 0.4) is 0 Å². The predicted octanol–water partition coefficient (Wildman–Crippen LogP) is 5.39. The molecule has 3 rings (SSSR count). The van der Waals surface area contributed by atoms with Crippen LogP contribution in [-0.2, 0) is 6.42 Å². The zero-order valence-electron chi connectivity index (χ0n) is 11.4. The van der Waals surface area contributed by atoms with E-state index in [1.165, 1.54) is 10.8 Å². The number of fused-ring (bicyclic) bond motifs is 1. The maximum Gasteiger partial charge on any atom is 0.0624 e. The lowest BCUT2D eigenvalue weighted by Gasteiger charge is -2.14. The molecule has 106 valence electrons. The molecule has 0 aliphatic carbocycles. The summed E-state index contributed by atoms with van der Waals surface area (Å²) in [7, 11) is 0. The molecule has 21 heavy (non-hydrogen) atoms. The van der Waals surface area contributed by atoms with Gasteiger partial charge in [-0.25, -0.2) is 0 Å². The fraction of sp³-hybridized carbons (Fsp3) is 0.111. The quantitative estimate of drug-likeness (QED) is 0.689. The van der Waals surface area contributed by atoms with Gasteiger partial charge in [0.15, 0.2) is 0 Å². The lowest BCUT2D eigenvalue weighted by Crippen LogP contribution is -2.13. The van der Waals surface area contributed by atoms with E-state index in [-0.39, 0.29) is 6.04 Å². The summed E-state index contributed by atoms with van der Waals surface area (Å²) in [5.74, 6) is 0. The van der Waals surface area contributed by atoms with Crippen molar-refractivity contribution in [2.75, 3.05) is 0 Å². The summed E-state index contributed by atoms with van der Waals surface area (Å²) in [5, 5.41) is 3.58. The first-order valence-electron chi connectivity index (χ1n) is 6.82. The minimum atomic E-state index is -0.106. The first-order valence-corrected chi connectivity index (χ1v) is 7.58. The van der Waals surface area contributed by atoms with E-state index in [2.05, 4.69) is 30.3 Å². The standard InChI is InChI=1S/C18H15Cl2N/c19-16-7-3-6-15(18(16)20)11-17(21)14-9-8-12-4-1-2-5-13(12)10-14/h1-10,17H,11,21H2. The third-order valence-electron chi connectivity index (χ3n) is 3.67. The highest BCUT2D eigenvalue weighted by Gasteiger charge is 2.11. The molecule has 1 atom stereocenters. The van der Waals surface area contributed by atoms with Crippen LogP contribution >= 0.6 is 23.2 Å². The Labute approximate surface area is 134 Å². The summed E-state index contributed by atoms with van der Waals surface area (Å²) in [6, 6.07) is 20.1. The second-order valence-corrected chi connectivity index (χ2v) is 5.92. The Kier molecular flexibility index (Phi) is 4.16. The van der Waals surface area contributed by atoms with Crippen molar-refractivity contribution in [3.63, 3.8) is 0 Å². The van der Waals surface area contributed by atoms with Gasteiger partial charge in [0.25, 0.3) is 0 Å². The molecule has 0 saturated carbocycles. The van der Waals surface area contributed by atoms with Crippen LogP contribution in [0.15, 0.2) is 60.7 Å². The van der Waals surface area contributed by atoms with E-state index in [0.717, 1.165) is 11.1 Å². The van der Waals surface area contributed by atoms with Crippen LogP contribution < -0.4 is 5.73 Å². The molecular weight excluding hydrogens is 301 g/mol. The van der Waals surface area contributed by atoms with E-state index in [0.29, 0.717) is 16.5 Å². The Hall–Kier alpha value is -1.54. The first-order chi connectivity index (χ1) is 10.1. The molecule has 0 fully saturated rings. The molecule has 0 bridgehead atoms. The van der Waals surface area contributed by atoms with Crippen molar-refractivity contribution in [3.05, 3.63) is 81.8 Å². The van der Waals surface area contributed by atoms with Crippen LogP contribution in [0.2, 0.25) is 10.0 Å². The lowest BCUT2D eigenvalue weighted by atomic mass is 9.97. The minimum Gasteiger partial charge on any atom is -0.324 e. The van der Waals surface area contributed by atoms with Gasteiger partial charge in [-0.1, -0.05) is 71.7 Å². The third kappa shape index (κ3) is 3.06. The maximum absolute atomic E-state index is 6.34. The Morgan fingerprint density at radius 3 is 2.43 bits per heavy atom. The molecule has 1 nitrogen and oxygen atoms in total. The SMILES string of the molecule is NC(Cc1cccc(Cl)c1Cl)c1ccc2ccccc2c1. The van der Waals surface area contributed by atoms with E-state index in [1.54, 1.807) is 6.07 Å². The highest BCUT2D eigenvalue weighted by molar-refractivity contribution is 6.42. The topological polar surface area (TPSA) is 26.0 Å². The second-order valence-electron chi connectivity index (χ2n) is 5.13. The largest absolute Gasteiger partial charge is 0.324 e. The van der Waals surface area contributed by atoms with Crippen LogP contribution in [0.25, 0.3) is 10.8 Å². The zero-order chi connectivity index (χ0) is 14.8. The van der Waals surface area contributed by atoms with Gasteiger partial charge in [0.1, 0.15) is 0 Å². The van der Waals surface area contributed by atoms with E-state index in [1.807, 2.05) is 24.3 Å². The number of benzene rings is 3. The Morgan fingerprint density at radius 1 is 0.857 bits per heavy atom. The monoisotopic (exact) mass is 315 g/mol. The zero-order valence-corrected chi connectivity index (χ0v) is 12.9. The van der Waals surface area contributed by atoms with Crippen LogP contribution in [0.5, 0.6) is 0 Å². The van der Waals surface area contributed by atoms with Gasteiger partial charge < -0.3 is 5.73 Å². The molecule has 3 heteroatoms. The average molecular weight is 316 g/mol. The van der Waals surface area contributed by atoms with E-state index in [4.69, 9.17) is 28.9 Å². The average Bonchev–Trinajstić information content (AvgIpc) is 2.51. The van der Waals surface area contributed by atoms with Gasteiger partial charge >= 0.3 is 0 Å². The Bertz CT molecular complexity index is 783. The van der Waals surface area contributed by atoms with Crippen molar-refractivity contribution >= 4 is 34.0 Å². The number of halogens is 2. The molecule has 0 spiro atoms. The van der Waals surface area contributed by atoms with Crippen LogP contribution in [0, 0.1) is 0 Å². The smallest absolute Gasteiger partial charge is 0.0624 e. The number of nitrogens with two attached hydrogens (primary N) is 1. The predicted molar refractivity (Wildman–Crippen MR) is 91.0 cm³/mol. The van der Waals surface area contributed by atoms with Crippen molar-refractivity contribution in [3.8, 4) is 0 Å². The van der Waals surface area contributed by atoms with Crippen molar-refractivity contribution in [1.82, 2.24) is 0 Å². The summed E-state index contributed by atoms with van der Waals surface area (Å²) in [6.45, 7) is 0. The molecule has 0 heterocycles. The van der Waals surface area contributed by atoms with E-state index in [9.17, 15) is 0 Å². The molecule has 0 aromatic heterocycles. The fourth-order valence-electron chi connectivity index (χ4n) is 2.50. The van der Waals surface area contributed by atoms with E-state index < -0.39 is 0 Å². The minimum absolute atomic E-state index is 0.106. The van der Waals surface area contributed by atoms with Gasteiger partial charge in [-0.15, -0.1) is 0 Å². The molecule has 3 aromatic carbocycles. The summed E-state index contributed by atoms with van der Waals surface area (Å²) in [5.41, 5.74) is 8.41. The van der Waals surface area contributed by atoms with Gasteiger partial charge in [-0.2, -0.15) is 0 Å². The van der Waals surface area contributed by atoms with Gasteiger partial charge in [0, 0.05) is 6.04 Å². The van der Waals surface area contributed by atoms with Crippen LogP contribution in [-0.4, -0.2) is 0 Å². The highest BCUT2D eigenvalue weighted by atomic mass is 35.5. The summed E-state index contributed by atoms with van der Waals surface area (Å²) < 4.78 is 0. The summed E-state index contributed by atoms with van der Waals surface area (Å²) in [6.07, 6.45) is 0.664.